The van der Waals surface area contributed by atoms with Crippen molar-refractivity contribution in [3.8, 4) is 23.1 Å². The third-order valence-electron chi connectivity index (χ3n) is 2.74. The molecule has 2 aromatic rings. The maximum Gasteiger partial charge on any atom is 0.232 e. The third-order valence-corrected chi connectivity index (χ3v) is 2.74. The molecule has 0 N–H and O–H groups in total. The summed E-state index contributed by atoms with van der Waals surface area (Å²) < 4.78 is 5.45. The first-order valence-corrected chi connectivity index (χ1v) is 5.36. The van der Waals surface area contributed by atoms with E-state index in [0.717, 1.165) is 30.0 Å². The number of aromatic nitrogens is 2. The number of nitriles is 1. The van der Waals surface area contributed by atoms with Crippen LogP contribution in [0.15, 0.2) is 30.5 Å². The minimum atomic E-state index is 0.194. The molecule has 0 bridgehead atoms. The quantitative estimate of drug-likeness (QED) is 0.741. The summed E-state index contributed by atoms with van der Waals surface area (Å²) in [5.74, 6) is 1.14. The van der Waals surface area contributed by atoms with E-state index in [4.69, 9.17) is 10.00 Å². The maximum absolute atomic E-state index is 8.77. The van der Waals surface area contributed by atoms with Gasteiger partial charge in [0.2, 0.25) is 5.82 Å². The highest BCUT2D eigenvalue weighted by Gasteiger charge is 2.13. The van der Waals surface area contributed by atoms with Gasteiger partial charge in [0, 0.05) is 18.2 Å². The standard InChI is InChI=1S/C13H9N3O/c14-8-13-15-5-3-11(16-13)9-1-2-12-10(7-9)4-6-17-12/h1-3,5,7H,4,6H2. The molecular weight excluding hydrogens is 214 g/mol. The predicted octanol–water partition coefficient (Wildman–Crippen LogP) is 1.95. The average molecular weight is 223 g/mol. The predicted molar refractivity (Wildman–Crippen MR) is 61.4 cm³/mol. The molecule has 82 valence electrons. The van der Waals surface area contributed by atoms with Crippen LogP contribution in [0.3, 0.4) is 0 Å². The Morgan fingerprint density at radius 3 is 3.12 bits per heavy atom. The van der Waals surface area contributed by atoms with E-state index in [1.54, 1.807) is 12.3 Å². The smallest absolute Gasteiger partial charge is 0.232 e. The van der Waals surface area contributed by atoms with Crippen molar-refractivity contribution in [2.45, 2.75) is 6.42 Å². The summed E-state index contributed by atoms with van der Waals surface area (Å²) in [6.45, 7) is 0.742. The van der Waals surface area contributed by atoms with E-state index in [1.165, 1.54) is 5.56 Å². The van der Waals surface area contributed by atoms with Crippen molar-refractivity contribution in [3.05, 3.63) is 41.9 Å². The van der Waals surface area contributed by atoms with E-state index >= 15 is 0 Å². The fraction of sp³-hybridized carbons (Fsp3) is 0.154. The van der Waals surface area contributed by atoms with Crippen LogP contribution in [-0.4, -0.2) is 16.6 Å². The molecule has 1 aliphatic rings. The first kappa shape index (κ1) is 9.79. The zero-order valence-electron chi connectivity index (χ0n) is 9.05. The van der Waals surface area contributed by atoms with E-state index in [0.29, 0.717) is 0 Å². The van der Waals surface area contributed by atoms with Gasteiger partial charge in [0.1, 0.15) is 11.8 Å². The van der Waals surface area contributed by atoms with Crippen LogP contribution in [0.2, 0.25) is 0 Å². The zero-order chi connectivity index (χ0) is 11.7. The van der Waals surface area contributed by atoms with Gasteiger partial charge in [-0.05, 0) is 29.8 Å². The Morgan fingerprint density at radius 1 is 1.29 bits per heavy atom. The number of nitrogens with zero attached hydrogens (tertiary/aromatic N) is 3. The number of benzene rings is 1. The van der Waals surface area contributed by atoms with Crippen molar-refractivity contribution in [2.75, 3.05) is 6.61 Å². The fourth-order valence-corrected chi connectivity index (χ4v) is 1.92. The molecule has 2 heterocycles. The molecule has 1 aromatic carbocycles. The molecule has 3 rings (SSSR count). The summed E-state index contributed by atoms with van der Waals surface area (Å²) in [7, 11) is 0. The molecule has 0 unspecified atom stereocenters. The van der Waals surface area contributed by atoms with Crippen LogP contribution in [0, 0.1) is 11.3 Å². The molecular formula is C13H9N3O. The molecule has 4 nitrogen and oxygen atoms in total. The second-order valence-corrected chi connectivity index (χ2v) is 3.80. The summed E-state index contributed by atoms with van der Waals surface area (Å²) in [5.41, 5.74) is 2.96. The second-order valence-electron chi connectivity index (χ2n) is 3.80. The maximum atomic E-state index is 8.77. The Labute approximate surface area is 98.5 Å². The molecule has 0 fully saturated rings. The van der Waals surface area contributed by atoms with Gasteiger partial charge in [-0.15, -0.1) is 0 Å². The van der Waals surface area contributed by atoms with Crippen LogP contribution in [-0.2, 0) is 6.42 Å². The number of fused-ring (bicyclic) bond motifs is 1. The van der Waals surface area contributed by atoms with Crippen LogP contribution < -0.4 is 4.74 Å². The minimum absolute atomic E-state index is 0.194. The van der Waals surface area contributed by atoms with Gasteiger partial charge in [-0.3, -0.25) is 0 Å². The first-order chi connectivity index (χ1) is 8.36. The summed E-state index contributed by atoms with van der Waals surface area (Å²) >= 11 is 0. The lowest BCUT2D eigenvalue weighted by Crippen LogP contribution is -1.91. The molecule has 4 heteroatoms. The van der Waals surface area contributed by atoms with Crippen LogP contribution >= 0.6 is 0 Å². The van der Waals surface area contributed by atoms with Gasteiger partial charge in [-0.2, -0.15) is 5.26 Å². The van der Waals surface area contributed by atoms with Crippen molar-refractivity contribution in [1.82, 2.24) is 9.97 Å². The largest absolute Gasteiger partial charge is 0.493 e. The lowest BCUT2D eigenvalue weighted by atomic mass is 10.1. The van der Waals surface area contributed by atoms with Gasteiger partial charge in [0.05, 0.1) is 12.3 Å². The van der Waals surface area contributed by atoms with Crippen molar-refractivity contribution >= 4 is 0 Å². The Hall–Kier alpha value is -2.41. The summed E-state index contributed by atoms with van der Waals surface area (Å²) in [6.07, 6.45) is 2.53. The first-order valence-electron chi connectivity index (χ1n) is 5.36. The molecule has 0 saturated carbocycles. The minimum Gasteiger partial charge on any atom is -0.493 e. The highest BCUT2D eigenvalue weighted by atomic mass is 16.5. The third kappa shape index (κ3) is 1.72. The van der Waals surface area contributed by atoms with E-state index in [-0.39, 0.29) is 5.82 Å². The van der Waals surface area contributed by atoms with E-state index in [1.807, 2.05) is 18.2 Å². The molecule has 0 atom stereocenters. The number of hydrogen-bond acceptors (Lipinski definition) is 4. The lowest BCUT2D eigenvalue weighted by molar-refractivity contribution is 0.357. The lowest BCUT2D eigenvalue weighted by Gasteiger charge is -2.03. The number of hydrogen-bond donors (Lipinski definition) is 0. The molecule has 0 radical (unpaired) electrons. The molecule has 17 heavy (non-hydrogen) atoms. The molecule has 0 saturated heterocycles. The molecule has 0 spiro atoms. The van der Waals surface area contributed by atoms with Gasteiger partial charge in [0.15, 0.2) is 0 Å². The Bertz CT molecular complexity index is 616. The normalized spacial score (nSPS) is 12.6. The van der Waals surface area contributed by atoms with Gasteiger partial charge < -0.3 is 4.74 Å². The van der Waals surface area contributed by atoms with Crippen LogP contribution in [0.1, 0.15) is 11.4 Å². The van der Waals surface area contributed by atoms with Crippen molar-refractivity contribution in [1.29, 1.82) is 5.26 Å². The monoisotopic (exact) mass is 223 g/mol. The highest BCUT2D eigenvalue weighted by molar-refractivity contribution is 5.62. The zero-order valence-corrected chi connectivity index (χ0v) is 9.05. The topological polar surface area (TPSA) is 58.8 Å². The highest BCUT2D eigenvalue weighted by Crippen LogP contribution is 2.29. The van der Waals surface area contributed by atoms with E-state index in [9.17, 15) is 0 Å². The number of rotatable bonds is 1. The van der Waals surface area contributed by atoms with E-state index < -0.39 is 0 Å². The van der Waals surface area contributed by atoms with Gasteiger partial charge in [-0.1, -0.05) is 0 Å². The van der Waals surface area contributed by atoms with Gasteiger partial charge >= 0.3 is 0 Å². The van der Waals surface area contributed by atoms with Crippen LogP contribution in [0.25, 0.3) is 11.3 Å². The molecule has 0 amide bonds. The molecule has 0 aliphatic carbocycles. The average Bonchev–Trinajstić information content (AvgIpc) is 2.86. The fourth-order valence-electron chi connectivity index (χ4n) is 1.92. The van der Waals surface area contributed by atoms with Crippen molar-refractivity contribution in [2.24, 2.45) is 0 Å². The Kier molecular flexibility index (Phi) is 2.23. The van der Waals surface area contributed by atoms with Gasteiger partial charge in [-0.25, -0.2) is 9.97 Å². The van der Waals surface area contributed by atoms with Crippen molar-refractivity contribution < 1.29 is 4.74 Å². The van der Waals surface area contributed by atoms with E-state index in [2.05, 4.69) is 16.0 Å². The molecule has 1 aliphatic heterocycles. The summed E-state index contributed by atoms with van der Waals surface area (Å²) in [6, 6.07) is 9.71. The van der Waals surface area contributed by atoms with Crippen LogP contribution in [0.5, 0.6) is 5.75 Å². The summed E-state index contributed by atoms with van der Waals surface area (Å²) in [4.78, 5) is 8.03. The Balaban J connectivity index is 2.07. The Morgan fingerprint density at radius 2 is 2.24 bits per heavy atom. The second kappa shape index (κ2) is 3.87. The van der Waals surface area contributed by atoms with Crippen molar-refractivity contribution in [3.63, 3.8) is 0 Å². The van der Waals surface area contributed by atoms with Gasteiger partial charge in [0.25, 0.3) is 0 Å². The summed E-state index contributed by atoms with van der Waals surface area (Å²) in [5, 5.41) is 8.77. The molecule has 1 aromatic heterocycles. The van der Waals surface area contributed by atoms with Crippen LogP contribution in [0.4, 0.5) is 0 Å². The SMILES string of the molecule is N#Cc1nccc(-c2ccc3c(c2)CCO3)n1. The number of ether oxygens (including phenoxy) is 1.